The van der Waals surface area contributed by atoms with Crippen LogP contribution >= 0.6 is 0 Å². The van der Waals surface area contributed by atoms with Crippen molar-refractivity contribution in [2.75, 3.05) is 13.6 Å². The van der Waals surface area contributed by atoms with Crippen molar-refractivity contribution in [1.82, 2.24) is 4.90 Å². The maximum absolute atomic E-state index is 8.98. The van der Waals surface area contributed by atoms with Crippen molar-refractivity contribution in [1.29, 1.82) is 10.5 Å². The van der Waals surface area contributed by atoms with E-state index < -0.39 is 0 Å². The molecule has 1 aromatic rings. The number of rotatable bonds is 3. The molecule has 0 aliphatic carbocycles. The number of hydrogen-bond donors (Lipinski definition) is 0. The van der Waals surface area contributed by atoms with Crippen LogP contribution in [-0.2, 0) is 0 Å². The van der Waals surface area contributed by atoms with E-state index in [1.54, 1.807) is 11.9 Å². The fourth-order valence-electron chi connectivity index (χ4n) is 1.27. The smallest absolute Gasteiger partial charge is 0.124 e. The summed E-state index contributed by atoms with van der Waals surface area (Å²) in [6.07, 6.45) is 0. The van der Waals surface area contributed by atoms with Crippen molar-refractivity contribution >= 4 is 0 Å². The van der Waals surface area contributed by atoms with E-state index in [0.29, 0.717) is 0 Å². The van der Waals surface area contributed by atoms with Gasteiger partial charge in [0.15, 0.2) is 0 Å². The lowest BCUT2D eigenvalue weighted by molar-refractivity contribution is 0.327. The summed E-state index contributed by atoms with van der Waals surface area (Å²) in [5.41, 5.74) is 0.924. The van der Waals surface area contributed by atoms with E-state index in [1.807, 2.05) is 36.4 Å². The van der Waals surface area contributed by atoms with Crippen LogP contribution in [0.25, 0.3) is 0 Å². The standard InChI is InChI=1S/C11H11N3/c1-14(8-7-12)11(9-13)10-5-3-2-4-6-10/h2-6,11H,8H2,1H3/t11-/m1/s1. The second-order valence-corrected chi connectivity index (χ2v) is 3.02. The maximum Gasteiger partial charge on any atom is 0.124 e. The quantitative estimate of drug-likeness (QED) is 0.673. The average molecular weight is 185 g/mol. The van der Waals surface area contributed by atoms with E-state index in [2.05, 4.69) is 6.07 Å². The normalized spacial score (nSPS) is 11.7. The molecule has 0 saturated heterocycles. The van der Waals surface area contributed by atoms with Crippen molar-refractivity contribution in [3.8, 4) is 12.1 Å². The minimum Gasteiger partial charge on any atom is -0.274 e. The fourth-order valence-corrected chi connectivity index (χ4v) is 1.27. The van der Waals surface area contributed by atoms with Gasteiger partial charge in [-0.15, -0.1) is 0 Å². The molecule has 1 rings (SSSR count). The van der Waals surface area contributed by atoms with E-state index in [-0.39, 0.29) is 12.6 Å². The van der Waals surface area contributed by atoms with Gasteiger partial charge >= 0.3 is 0 Å². The first-order chi connectivity index (χ1) is 6.79. The van der Waals surface area contributed by atoms with E-state index in [1.165, 1.54) is 0 Å². The van der Waals surface area contributed by atoms with Gasteiger partial charge in [-0.3, -0.25) is 4.90 Å². The summed E-state index contributed by atoms with van der Waals surface area (Å²) in [6, 6.07) is 13.3. The maximum atomic E-state index is 8.98. The fraction of sp³-hybridized carbons (Fsp3) is 0.273. The Bertz CT molecular complexity index is 358. The molecule has 0 saturated carbocycles. The first-order valence-corrected chi connectivity index (χ1v) is 4.31. The highest BCUT2D eigenvalue weighted by atomic mass is 15.1. The SMILES string of the molecule is CN(CC#N)[C@H](C#N)c1ccccc1. The predicted octanol–water partition coefficient (Wildman–Crippen LogP) is 1.71. The highest BCUT2D eigenvalue weighted by Gasteiger charge is 2.14. The molecule has 0 aliphatic heterocycles. The van der Waals surface area contributed by atoms with Crippen molar-refractivity contribution in [3.63, 3.8) is 0 Å². The summed E-state index contributed by atoms with van der Waals surface area (Å²) in [6.45, 7) is 0.257. The molecule has 0 amide bonds. The Hall–Kier alpha value is -1.84. The molecule has 0 heterocycles. The molecule has 70 valence electrons. The Morgan fingerprint density at radius 2 is 1.93 bits per heavy atom. The number of hydrogen-bond acceptors (Lipinski definition) is 3. The molecule has 14 heavy (non-hydrogen) atoms. The third-order valence-corrected chi connectivity index (χ3v) is 2.00. The highest BCUT2D eigenvalue weighted by Crippen LogP contribution is 2.17. The van der Waals surface area contributed by atoms with Gasteiger partial charge in [-0.2, -0.15) is 10.5 Å². The van der Waals surface area contributed by atoms with Crippen LogP contribution in [0.4, 0.5) is 0 Å². The van der Waals surface area contributed by atoms with Gasteiger partial charge in [0.2, 0.25) is 0 Å². The Labute approximate surface area is 83.8 Å². The minimum atomic E-state index is -0.337. The topological polar surface area (TPSA) is 50.8 Å². The molecule has 0 aromatic heterocycles. The Morgan fingerprint density at radius 1 is 1.29 bits per heavy atom. The molecule has 0 unspecified atom stereocenters. The molecule has 3 nitrogen and oxygen atoms in total. The molecule has 0 aliphatic rings. The summed E-state index contributed by atoms with van der Waals surface area (Å²) in [5.74, 6) is 0. The lowest BCUT2D eigenvalue weighted by atomic mass is 10.1. The van der Waals surface area contributed by atoms with Gasteiger partial charge in [0, 0.05) is 0 Å². The Balaban J connectivity index is 2.85. The number of nitrogens with zero attached hydrogens (tertiary/aromatic N) is 3. The van der Waals surface area contributed by atoms with E-state index in [4.69, 9.17) is 10.5 Å². The van der Waals surface area contributed by atoms with Gasteiger partial charge in [0.1, 0.15) is 6.04 Å². The van der Waals surface area contributed by atoms with Gasteiger partial charge < -0.3 is 0 Å². The first kappa shape index (κ1) is 10.2. The van der Waals surface area contributed by atoms with Crippen LogP contribution < -0.4 is 0 Å². The van der Waals surface area contributed by atoms with Crippen molar-refractivity contribution in [2.45, 2.75) is 6.04 Å². The summed E-state index contributed by atoms with van der Waals surface area (Å²) < 4.78 is 0. The summed E-state index contributed by atoms with van der Waals surface area (Å²) in [5, 5.41) is 17.5. The molecule has 0 N–H and O–H groups in total. The van der Waals surface area contributed by atoms with E-state index >= 15 is 0 Å². The van der Waals surface area contributed by atoms with Crippen LogP contribution in [0.15, 0.2) is 30.3 Å². The molecule has 0 fully saturated rings. The van der Waals surface area contributed by atoms with Crippen LogP contribution in [0, 0.1) is 22.7 Å². The van der Waals surface area contributed by atoms with Gasteiger partial charge in [-0.05, 0) is 12.6 Å². The summed E-state index contributed by atoms with van der Waals surface area (Å²) in [7, 11) is 1.77. The molecule has 1 atom stereocenters. The number of benzene rings is 1. The second-order valence-electron chi connectivity index (χ2n) is 3.02. The van der Waals surface area contributed by atoms with Gasteiger partial charge in [0.05, 0.1) is 18.7 Å². The van der Waals surface area contributed by atoms with Crippen LogP contribution in [0.5, 0.6) is 0 Å². The zero-order chi connectivity index (χ0) is 10.4. The van der Waals surface area contributed by atoms with Crippen molar-refractivity contribution < 1.29 is 0 Å². The van der Waals surface area contributed by atoms with E-state index in [9.17, 15) is 0 Å². The zero-order valence-electron chi connectivity index (χ0n) is 8.01. The highest BCUT2D eigenvalue weighted by molar-refractivity contribution is 5.24. The van der Waals surface area contributed by atoms with Crippen LogP contribution in [0.3, 0.4) is 0 Å². The monoisotopic (exact) mass is 185 g/mol. The lowest BCUT2D eigenvalue weighted by Gasteiger charge is -2.19. The van der Waals surface area contributed by atoms with Gasteiger partial charge in [-0.1, -0.05) is 30.3 Å². The number of nitriles is 2. The second kappa shape index (κ2) is 5.01. The molecule has 1 aromatic carbocycles. The molecule has 3 heteroatoms. The largest absolute Gasteiger partial charge is 0.274 e. The van der Waals surface area contributed by atoms with Gasteiger partial charge in [0.25, 0.3) is 0 Å². The van der Waals surface area contributed by atoms with Crippen LogP contribution in [0.2, 0.25) is 0 Å². The first-order valence-electron chi connectivity index (χ1n) is 4.31. The average Bonchev–Trinajstić information content (AvgIpc) is 2.21. The third kappa shape index (κ3) is 2.32. The zero-order valence-corrected chi connectivity index (χ0v) is 8.01. The molecular formula is C11H11N3. The molecule has 0 spiro atoms. The van der Waals surface area contributed by atoms with Crippen LogP contribution in [-0.4, -0.2) is 18.5 Å². The summed E-state index contributed by atoms with van der Waals surface area (Å²) in [4.78, 5) is 1.72. The molecular weight excluding hydrogens is 174 g/mol. The predicted molar refractivity (Wildman–Crippen MR) is 53.0 cm³/mol. The summed E-state index contributed by atoms with van der Waals surface area (Å²) >= 11 is 0. The van der Waals surface area contributed by atoms with E-state index in [0.717, 1.165) is 5.56 Å². The molecule has 0 bridgehead atoms. The van der Waals surface area contributed by atoms with Crippen molar-refractivity contribution in [3.05, 3.63) is 35.9 Å². The lowest BCUT2D eigenvalue weighted by Crippen LogP contribution is -2.23. The third-order valence-electron chi connectivity index (χ3n) is 2.00. The minimum absolute atomic E-state index is 0.257. The van der Waals surface area contributed by atoms with Crippen LogP contribution in [0.1, 0.15) is 11.6 Å². The Morgan fingerprint density at radius 3 is 2.43 bits per heavy atom. The van der Waals surface area contributed by atoms with Gasteiger partial charge in [-0.25, -0.2) is 0 Å². The molecule has 0 radical (unpaired) electrons. The Kier molecular flexibility index (Phi) is 3.67. The van der Waals surface area contributed by atoms with Crippen molar-refractivity contribution in [2.24, 2.45) is 0 Å².